The normalized spacial score (nSPS) is 28.7. The highest BCUT2D eigenvalue weighted by molar-refractivity contribution is 7.88. The fourth-order valence-electron chi connectivity index (χ4n) is 5.98. The van der Waals surface area contributed by atoms with Crippen molar-refractivity contribution < 1.29 is 22.3 Å². The predicted molar refractivity (Wildman–Crippen MR) is 135 cm³/mol. The van der Waals surface area contributed by atoms with Gasteiger partial charge in [-0.3, -0.25) is 4.79 Å². The third-order valence-corrected chi connectivity index (χ3v) is 9.08. The summed E-state index contributed by atoms with van der Waals surface area (Å²) in [4.78, 5) is 18.7. The van der Waals surface area contributed by atoms with E-state index in [-0.39, 0.29) is 19.4 Å². The Morgan fingerprint density at radius 2 is 1.97 bits per heavy atom. The number of piperidine rings is 1. The van der Waals surface area contributed by atoms with Gasteiger partial charge in [-0.05, 0) is 81.8 Å². The van der Waals surface area contributed by atoms with E-state index in [0.29, 0.717) is 31.4 Å². The van der Waals surface area contributed by atoms with Gasteiger partial charge in [0.2, 0.25) is 10.0 Å². The monoisotopic (exact) mass is 520 g/mol. The smallest absolute Gasteiger partial charge is 0.260 e. The summed E-state index contributed by atoms with van der Waals surface area (Å²) in [5, 5.41) is 0. The summed E-state index contributed by atoms with van der Waals surface area (Å²) < 4.78 is 49.7. The molecule has 1 aliphatic heterocycles. The average molecular weight is 521 g/mol. The van der Waals surface area contributed by atoms with E-state index in [2.05, 4.69) is 32.4 Å². The number of nitrogens with zero attached hydrogens (tertiary/aromatic N) is 3. The van der Waals surface area contributed by atoms with E-state index in [9.17, 15) is 17.6 Å². The van der Waals surface area contributed by atoms with Crippen LogP contribution in [0.15, 0.2) is 24.7 Å². The Bertz CT molecular complexity index is 1200. The largest absolute Gasteiger partial charge is 0.374 e. The fourth-order valence-corrected chi connectivity index (χ4v) is 6.80. The molecule has 198 valence electrons. The molecule has 1 amide bonds. The number of rotatable bonds is 7. The van der Waals surface area contributed by atoms with Crippen LogP contribution in [0.25, 0.3) is 5.52 Å². The number of aryl methyl sites for hydroxylation is 1. The minimum absolute atomic E-state index is 0.220. The van der Waals surface area contributed by atoms with Crippen molar-refractivity contribution in [3.8, 4) is 0 Å². The topological polar surface area (TPSA) is 93.0 Å². The number of carbonyl (C=O) groups excluding carboxylic acids is 1. The number of likely N-dealkylation sites (tertiary alicyclic amines) is 1. The second-order valence-corrected chi connectivity index (χ2v) is 12.8. The summed E-state index contributed by atoms with van der Waals surface area (Å²) in [6, 6.07) is 3.94. The van der Waals surface area contributed by atoms with E-state index in [1.165, 1.54) is 10.5 Å². The number of ether oxygens (including phenoxy) is 1. The third-order valence-electron chi connectivity index (χ3n) is 8.35. The zero-order chi connectivity index (χ0) is 25.5. The number of nitrogens with one attached hydrogen (secondary N) is 1. The van der Waals surface area contributed by atoms with Crippen molar-refractivity contribution in [1.82, 2.24) is 19.0 Å². The number of halogens is 1. The lowest BCUT2D eigenvalue weighted by Crippen LogP contribution is -2.60. The number of pyridine rings is 1. The molecular weight excluding hydrogens is 483 g/mol. The molecule has 10 heteroatoms. The van der Waals surface area contributed by atoms with Gasteiger partial charge in [0, 0.05) is 25.9 Å². The van der Waals surface area contributed by atoms with E-state index in [1.54, 1.807) is 0 Å². The van der Waals surface area contributed by atoms with Gasteiger partial charge >= 0.3 is 0 Å². The number of fused-ring (bicyclic) bond motifs is 1. The van der Waals surface area contributed by atoms with Crippen LogP contribution in [0.2, 0.25) is 0 Å². The summed E-state index contributed by atoms with van der Waals surface area (Å²) in [5.41, 5.74) is 1.74. The van der Waals surface area contributed by atoms with Crippen LogP contribution in [-0.2, 0) is 19.6 Å². The molecule has 2 aliphatic carbocycles. The average Bonchev–Trinajstić information content (AvgIpc) is 3.21. The van der Waals surface area contributed by atoms with Crippen LogP contribution in [0.5, 0.6) is 0 Å². The molecule has 8 nitrogen and oxygen atoms in total. The lowest BCUT2D eigenvalue weighted by molar-refractivity contribution is -0.155. The first-order chi connectivity index (χ1) is 17.1. The summed E-state index contributed by atoms with van der Waals surface area (Å²) in [6.45, 7) is 3.09. The van der Waals surface area contributed by atoms with Gasteiger partial charge in [0.15, 0.2) is 5.67 Å². The lowest BCUT2D eigenvalue weighted by atomic mass is 9.79. The minimum Gasteiger partial charge on any atom is -0.374 e. The molecule has 2 atom stereocenters. The Kier molecular flexibility index (Phi) is 7.13. The van der Waals surface area contributed by atoms with Crippen LogP contribution < -0.4 is 4.72 Å². The number of sulfonamides is 1. The van der Waals surface area contributed by atoms with E-state index in [1.807, 2.05) is 13.3 Å². The lowest BCUT2D eigenvalue weighted by Gasteiger charge is -2.43. The predicted octanol–water partition coefficient (Wildman–Crippen LogP) is 3.34. The van der Waals surface area contributed by atoms with Gasteiger partial charge in [0.25, 0.3) is 5.91 Å². The number of hydrogen-bond donors (Lipinski definition) is 1. The Morgan fingerprint density at radius 3 is 2.64 bits per heavy atom. The zero-order valence-corrected chi connectivity index (χ0v) is 22.0. The van der Waals surface area contributed by atoms with Crippen molar-refractivity contribution in [2.45, 2.75) is 82.0 Å². The van der Waals surface area contributed by atoms with Crippen LogP contribution in [0.1, 0.15) is 68.5 Å². The molecule has 36 heavy (non-hydrogen) atoms. The number of imidazole rings is 1. The van der Waals surface area contributed by atoms with E-state index in [4.69, 9.17) is 4.74 Å². The Balaban J connectivity index is 1.17. The maximum absolute atomic E-state index is 14.8. The first-order valence-corrected chi connectivity index (χ1v) is 15.0. The molecule has 5 rings (SSSR count). The van der Waals surface area contributed by atoms with E-state index >= 15 is 0 Å². The quantitative estimate of drug-likeness (QED) is 0.605. The Hall–Kier alpha value is -2.04. The van der Waals surface area contributed by atoms with Crippen molar-refractivity contribution in [2.75, 3.05) is 26.0 Å². The molecular formula is C26H37FN4O4S. The number of aromatic nitrogens is 2. The molecule has 2 unspecified atom stereocenters. The van der Waals surface area contributed by atoms with Gasteiger partial charge < -0.3 is 14.0 Å². The summed E-state index contributed by atoms with van der Waals surface area (Å²) in [6.07, 6.45) is 10.6. The van der Waals surface area contributed by atoms with Crippen molar-refractivity contribution in [3.05, 3.63) is 35.9 Å². The van der Waals surface area contributed by atoms with Crippen molar-refractivity contribution in [2.24, 2.45) is 5.92 Å². The second kappa shape index (κ2) is 10.0. The number of amides is 1. The fraction of sp³-hybridized carbons (Fsp3) is 0.692. The van der Waals surface area contributed by atoms with Crippen LogP contribution in [0.4, 0.5) is 4.39 Å². The molecule has 2 saturated carbocycles. The molecule has 1 N–H and O–H groups in total. The van der Waals surface area contributed by atoms with Crippen molar-refractivity contribution in [3.63, 3.8) is 0 Å². The third kappa shape index (κ3) is 5.45. The molecule has 2 aromatic rings. The first kappa shape index (κ1) is 25.6. The van der Waals surface area contributed by atoms with Gasteiger partial charge in [-0.2, -0.15) is 0 Å². The maximum atomic E-state index is 14.8. The van der Waals surface area contributed by atoms with Crippen LogP contribution in [-0.4, -0.2) is 72.4 Å². The van der Waals surface area contributed by atoms with Gasteiger partial charge in [-0.1, -0.05) is 6.07 Å². The maximum Gasteiger partial charge on any atom is 0.260 e. The Labute approximate surface area is 212 Å². The molecule has 0 spiro atoms. The van der Waals surface area contributed by atoms with Gasteiger partial charge in [-0.15, -0.1) is 0 Å². The molecule has 3 fully saturated rings. The van der Waals surface area contributed by atoms with Gasteiger partial charge in [0.1, 0.15) is 0 Å². The number of carbonyl (C=O) groups is 1. The van der Waals surface area contributed by atoms with E-state index in [0.717, 1.165) is 49.6 Å². The van der Waals surface area contributed by atoms with Crippen LogP contribution in [0.3, 0.4) is 0 Å². The number of alkyl halides is 1. The van der Waals surface area contributed by atoms with Crippen LogP contribution in [0, 0.1) is 12.8 Å². The molecule has 2 aromatic heterocycles. The molecule has 0 aromatic carbocycles. The summed E-state index contributed by atoms with van der Waals surface area (Å²) >= 11 is 0. The van der Waals surface area contributed by atoms with Crippen molar-refractivity contribution in [1.29, 1.82) is 0 Å². The number of hydrogen-bond acceptors (Lipinski definition) is 5. The highest BCUT2D eigenvalue weighted by Gasteiger charge is 2.48. The standard InChI is InChI=1S/C26H37FN4O4S/c1-18-23-9-8-21(14-31(23)17-28-18)20-6-4-19(5-7-20)16-35-24-15-30(25(32)26(27)11-3-12-26)13-10-22(24)29-36(2,33)34/h8-9,14,17,19-20,22,24,29H,3-7,10-13,15-16H2,1-2H3. The van der Waals surface area contributed by atoms with E-state index < -0.39 is 33.7 Å². The molecule has 0 bridgehead atoms. The molecule has 0 radical (unpaired) electrons. The molecule has 1 saturated heterocycles. The SMILES string of the molecule is Cc1ncn2cc(C3CCC(COC4CN(C(=O)C5(F)CCC5)CCC4NS(C)(=O)=O)CC3)ccc12. The second-order valence-electron chi connectivity index (χ2n) is 11.0. The van der Waals surface area contributed by atoms with Gasteiger partial charge in [-0.25, -0.2) is 22.5 Å². The molecule has 3 heterocycles. The summed E-state index contributed by atoms with van der Waals surface area (Å²) in [5.74, 6) is 0.411. The summed E-state index contributed by atoms with van der Waals surface area (Å²) in [7, 11) is -3.43. The molecule has 3 aliphatic rings. The van der Waals surface area contributed by atoms with Crippen LogP contribution >= 0.6 is 0 Å². The van der Waals surface area contributed by atoms with Gasteiger partial charge in [0.05, 0.1) is 35.9 Å². The zero-order valence-electron chi connectivity index (χ0n) is 21.2. The first-order valence-electron chi connectivity index (χ1n) is 13.1. The van der Waals surface area contributed by atoms with Crippen molar-refractivity contribution >= 4 is 21.4 Å². The highest BCUT2D eigenvalue weighted by atomic mass is 32.2. The Morgan fingerprint density at radius 1 is 1.22 bits per heavy atom. The minimum atomic E-state index is -3.43. The highest BCUT2D eigenvalue weighted by Crippen LogP contribution is 2.39.